The van der Waals surface area contributed by atoms with Crippen molar-refractivity contribution in [3.05, 3.63) is 48.5 Å². The summed E-state index contributed by atoms with van der Waals surface area (Å²) in [5, 5.41) is 10.1. The zero-order valence-electron chi connectivity index (χ0n) is 8.83. The average Bonchev–Trinajstić information content (AvgIpc) is 2.74. The number of aromatic nitrogens is 1. The van der Waals surface area contributed by atoms with Crippen LogP contribution in [0.3, 0.4) is 0 Å². The fraction of sp³-hybridized carbons (Fsp3) is 0. The summed E-state index contributed by atoms with van der Waals surface area (Å²) in [7, 11) is 0. The number of rotatable bonds is 2. The van der Waals surface area contributed by atoms with Crippen molar-refractivity contribution in [3.63, 3.8) is 0 Å². The smallest absolute Gasteiger partial charge is 0.279 e. The number of fused-ring (bicyclic) bond motifs is 1. The lowest BCUT2D eigenvalue weighted by Crippen LogP contribution is -1.82. The number of nitrogens with zero attached hydrogens (tertiary/aromatic N) is 1. The highest BCUT2D eigenvalue weighted by Crippen LogP contribution is 2.34. The maximum atomic E-state index is 9.60. The van der Waals surface area contributed by atoms with Crippen LogP contribution in [0.25, 0.3) is 10.2 Å². The molecular formula is C13H9NO2S. The van der Waals surface area contributed by atoms with Crippen molar-refractivity contribution < 1.29 is 9.84 Å². The predicted octanol–water partition coefficient (Wildman–Crippen LogP) is 3.79. The highest BCUT2D eigenvalue weighted by molar-refractivity contribution is 7.20. The highest BCUT2D eigenvalue weighted by Gasteiger charge is 2.07. The van der Waals surface area contributed by atoms with Crippen LogP contribution < -0.4 is 4.74 Å². The lowest BCUT2D eigenvalue weighted by Gasteiger charge is -2.02. The van der Waals surface area contributed by atoms with Crippen LogP contribution in [0.2, 0.25) is 0 Å². The first-order valence-electron chi connectivity index (χ1n) is 5.14. The Morgan fingerprint density at radius 2 is 1.76 bits per heavy atom. The van der Waals surface area contributed by atoms with Crippen molar-refractivity contribution in [1.29, 1.82) is 0 Å². The molecule has 0 aliphatic rings. The molecule has 84 valence electrons. The zero-order valence-corrected chi connectivity index (χ0v) is 9.65. The van der Waals surface area contributed by atoms with Gasteiger partial charge in [-0.1, -0.05) is 35.6 Å². The molecule has 0 amide bonds. The molecule has 3 aromatic rings. The minimum atomic E-state index is 0.117. The largest absolute Gasteiger partial charge is 0.504 e. The summed E-state index contributed by atoms with van der Waals surface area (Å²) in [6.45, 7) is 0. The van der Waals surface area contributed by atoms with Crippen molar-refractivity contribution >= 4 is 21.6 Å². The first-order chi connectivity index (χ1) is 8.33. The molecule has 2 aromatic carbocycles. The normalized spacial score (nSPS) is 10.6. The SMILES string of the molecule is Oc1ccccc1Oc1nc2ccccc2s1. The summed E-state index contributed by atoms with van der Waals surface area (Å²) in [4.78, 5) is 4.33. The molecule has 0 bridgehead atoms. The van der Waals surface area contributed by atoms with Crippen molar-refractivity contribution in [2.75, 3.05) is 0 Å². The first kappa shape index (κ1) is 10.1. The first-order valence-corrected chi connectivity index (χ1v) is 5.96. The number of aromatic hydroxyl groups is 1. The minimum Gasteiger partial charge on any atom is -0.504 e. The molecular weight excluding hydrogens is 234 g/mol. The Kier molecular flexibility index (Phi) is 2.42. The fourth-order valence-electron chi connectivity index (χ4n) is 1.53. The lowest BCUT2D eigenvalue weighted by molar-refractivity contribution is 0.410. The molecule has 1 aromatic heterocycles. The van der Waals surface area contributed by atoms with Crippen LogP contribution in [0, 0.1) is 0 Å². The van der Waals surface area contributed by atoms with Crippen LogP contribution in [-0.2, 0) is 0 Å². The molecule has 1 heterocycles. The number of hydrogen-bond acceptors (Lipinski definition) is 4. The molecule has 3 nitrogen and oxygen atoms in total. The second-order valence-corrected chi connectivity index (χ2v) is 4.51. The number of hydrogen-bond donors (Lipinski definition) is 1. The van der Waals surface area contributed by atoms with E-state index >= 15 is 0 Å². The Hall–Kier alpha value is -2.07. The molecule has 0 atom stereocenters. The van der Waals surface area contributed by atoms with Gasteiger partial charge in [-0.05, 0) is 24.3 Å². The van der Waals surface area contributed by atoms with E-state index in [1.54, 1.807) is 18.2 Å². The van der Waals surface area contributed by atoms with Gasteiger partial charge in [0.15, 0.2) is 11.5 Å². The van der Waals surface area contributed by atoms with Gasteiger partial charge in [-0.25, -0.2) is 4.98 Å². The van der Waals surface area contributed by atoms with Crippen LogP contribution in [-0.4, -0.2) is 10.1 Å². The van der Waals surface area contributed by atoms with E-state index in [4.69, 9.17) is 4.74 Å². The summed E-state index contributed by atoms with van der Waals surface area (Å²) < 4.78 is 6.62. The summed E-state index contributed by atoms with van der Waals surface area (Å²) in [5.74, 6) is 0.540. The lowest BCUT2D eigenvalue weighted by atomic mass is 10.3. The molecule has 0 aliphatic heterocycles. The molecule has 0 fully saturated rings. The topological polar surface area (TPSA) is 42.4 Å². The van der Waals surface area contributed by atoms with Crippen LogP contribution in [0.1, 0.15) is 0 Å². The predicted molar refractivity (Wildman–Crippen MR) is 67.8 cm³/mol. The molecule has 0 unspecified atom stereocenters. The van der Waals surface area contributed by atoms with E-state index in [-0.39, 0.29) is 5.75 Å². The summed E-state index contributed by atoms with van der Waals surface area (Å²) >= 11 is 1.46. The van der Waals surface area contributed by atoms with Crippen molar-refractivity contribution in [1.82, 2.24) is 4.98 Å². The van der Waals surface area contributed by atoms with Crippen LogP contribution in [0.15, 0.2) is 48.5 Å². The standard InChI is InChI=1S/C13H9NO2S/c15-10-6-2-3-7-11(10)16-13-14-9-5-1-4-8-12(9)17-13/h1-8,15H. The van der Waals surface area contributed by atoms with E-state index in [1.807, 2.05) is 30.3 Å². The number of phenols is 1. The van der Waals surface area contributed by atoms with Gasteiger partial charge >= 0.3 is 0 Å². The van der Waals surface area contributed by atoms with Gasteiger partial charge < -0.3 is 9.84 Å². The number of ether oxygens (including phenoxy) is 1. The van der Waals surface area contributed by atoms with Gasteiger partial charge in [-0.15, -0.1) is 0 Å². The van der Waals surface area contributed by atoms with Gasteiger partial charge in [-0.2, -0.15) is 0 Å². The third kappa shape index (κ3) is 1.94. The molecule has 17 heavy (non-hydrogen) atoms. The van der Waals surface area contributed by atoms with E-state index in [9.17, 15) is 5.11 Å². The van der Waals surface area contributed by atoms with E-state index in [0.29, 0.717) is 10.9 Å². The Morgan fingerprint density at radius 1 is 1.00 bits per heavy atom. The van der Waals surface area contributed by atoms with Crippen molar-refractivity contribution in [2.45, 2.75) is 0 Å². The van der Waals surface area contributed by atoms with Gasteiger partial charge in [0.25, 0.3) is 5.19 Å². The van der Waals surface area contributed by atoms with Gasteiger partial charge in [0, 0.05) is 0 Å². The van der Waals surface area contributed by atoms with E-state index in [1.165, 1.54) is 11.3 Å². The molecule has 0 aliphatic carbocycles. The summed E-state index contributed by atoms with van der Waals surface area (Å²) in [5.41, 5.74) is 0.905. The van der Waals surface area contributed by atoms with Crippen molar-refractivity contribution in [3.8, 4) is 16.7 Å². The zero-order chi connectivity index (χ0) is 11.7. The quantitative estimate of drug-likeness (QED) is 0.744. The highest BCUT2D eigenvalue weighted by atomic mass is 32.1. The van der Waals surface area contributed by atoms with Crippen LogP contribution >= 0.6 is 11.3 Å². The van der Waals surface area contributed by atoms with E-state index in [0.717, 1.165) is 10.2 Å². The number of phenolic OH excluding ortho intramolecular Hbond substituents is 1. The Balaban J connectivity index is 1.98. The van der Waals surface area contributed by atoms with Crippen LogP contribution in [0.5, 0.6) is 16.7 Å². The monoisotopic (exact) mass is 243 g/mol. The fourth-order valence-corrected chi connectivity index (χ4v) is 2.36. The number of thiazole rings is 1. The van der Waals surface area contributed by atoms with Gasteiger partial charge in [0.2, 0.25) is 0 Å². The summed E-state index contributed by atoms with van der Waals surface area (Å²) in [6.07, 6.45) is 0. The third-order valence-corrected chi connectivity index (χ3v) is 3.25. The molecule has 0 saturated heterocycles. The maximum absolute atomic E-state index is 9.60. The summed E-state index contributed by atoms with van der Waals surface area (Å²) in [6, 6.07) is 14.7. The van der Waals surface area contributed by atoms with E-state index in [2.05, 4.69) is 4.98 Å². The Morgan fingerprint density at radius 3 is 2.59 bits per heavy atom. The third-order valence-electron chi connectivity index (χ3n) is 2.34. The van der Waals surface area contributed by atoms with Crippen LogP contribution in [0.4, 0.5) is 0 Å². The van der Waals surface area contributed by atoms with Gasteiger partial charge in [0.05, 0.1) is 10.2 Å². The van der Waals surface area contributed by atoms with Gasteiger partial charge in [0.1, 0.15) is 0 Å². The number of para-hydroxylation sites is 3. The van der Waals surface area contributed by atoms with Gasteiger partial charge in [-0.3, -0.25) is 0 Å². The molecule has 0 saturated carbocycles. The van der Waals surface area contributed by atoms with E-state index < -0.39 is 0 Å². The second-order valence-electron chi connectivity index (χ2n) is 3.52. The Labute approximate surface area is 102 Å². The minimum absolute atomic E-state index is 0.117. The van der Waals surface area contributed by atoms with Crippen molar-refractivity contribution in [2.24, 2.45) is 0 Å². The maximum Gasteiger partial charge on any atom is 0.279 e. The molecule has 0 radical (unpaired) electrons. The Bertz CT molecular complexity index is 630. The molecule has 0 spiro atoms. The average molecular weight is 243 g/mol. The molecule has 1 N–H and O–H groups in total. The molecule has 4 heteroatoms. The molecule has 3 rings (SSSR count). The number of benzene rings is 2. The second kappa shape index (κ2) is 4.07.